The molecule has 3 aromatic rings. The van der Waals surface area contributed by atoms with Crippen LogP contribution in [0.15, 0.2) is 53.6 Å². The minimum atomic E-state index is -3.83. The topological polar surface area (TPSA) is 140 Å². The van der Waals surface area contributed by atoms with Gasteiger partial charge in [0.2, 0.25) is 16.0 Å². The lowest BCUT2D eigenvalue weighted by Crippen LogP contribution is -2.27. The molecule has 0 bridgehead atoms. The molecule has 3 rings (SSSR count). The molecule has 0 radical (unpaired) electrons. The van der Waals surface area contributed by atoms with Gasteiger partial charge in [-0.15, -0.1) is 0 Å². The van der Waals surface area contributed by atoms with E-state index in [1.165, 1.54) is 17.0 Å². The smallest absolute Gasteiger partial charge is 0.259 e. The van der Waals surface area contributed by atoms with Gasteiger partial charge in [-0.05, 0) is 43.3 Å². The first-order chi connectivity index (χ1) is 15.5. The fourth-order valence-electron chi connectivity index (χ4n) is 2.61. The fourth-order valence-corrected chi connectivity index (χ4v) is 3.40. The van der Waals surface area contributed by atoms with Gasteiger partial charge in [-0.2, -0.15) is 4.98 Å². The number of rotatable bonds is 8. The summed E-state index contributed by atoms with van der Waals surface area (Å²) in [5.74, 6) is 0.971. The number of benzene rings is 2. The minimum absolute atomic E-state index is 0.0257. The van der Waals surface area contributed by atoms with Gasteiger partial charge in [-0.25, -0.2) is 18.5 Å². The van der Waals surface area contributed by atoms with Crippen molar-refractivity contribution in [2.75, 3.05) is 31.3 Å². The molecule has 174 valence electrons. The molecule has 12 heteroatoms. The summed E-state index contributed by atoms with van der Waals surface area (Å²) in [6.45, 7) is 1.71. The second-order valence-corrected chi connectivity index (χ2v) is 9.24. The number of halogens is 1. The van der Waals surface area contributed by atoms with Crippen molar-refractivity contribution in [3.63, 3.8) is 0 Å². The molecule has 0 fully saturated rings. The number of nitrogens with zero attached hydrogens (tertiary/aromatic N) is 3. The first-order valence-corrected chi connectivity index (χ1v) is 11.6. The first-order valence-electron chi connectivity index (χ1n) is 9.66. The number of aryl methyl sites for hydroxylation is 1. The van der Waals surface area contributed by atoms with Gasteiger partial charge in [0.15, 0.2) is 6.61 Å². The Morgan fingerprint density at radius 3 is 2.55 bits per heavy atom. The van der Waals surface area contributed by atoms with Crippen molar-refractivity contribution in [1.29, 1.82) is 0 Å². The quantitative estimate of drug-likeness (QED) is 0.437. The van der Waals surface area contributed by atoms with E-state index in [1.54, 1.807) is 50.6 Å². The van der Waals surface area contributed by atoms with Crippen LogP contribution >= 0.6 is 11.6 Å². The summed E-state index contributed by atoms with van der Waals surface area (Å²) < 4.78 is 28.6. The van der Waals surface area contributed by atoms with E-state index in [1.807, 2.05) is 6.92 Å². The van der Waals surface area contributed by atoms with Crippen LogP contribution in [0.4, 0.5) is 23.1 Å². The summed E-state index contributed by atoms with van der Waals surface area (Å²) in [5, 5.41) is 11.6. The normalized spacial score (nSPS) is 11.1. The number of likely N-dealkylation sites (N-methyl/N-ethyl adjacent to an activating group) is 1. The average Bonchev–Trinajstić information content (AvgIpc) is 2.75. The predicted octanol–water partition coefficient (Wildman–Crippen LogP) is 3.04. The van der Waals surface area contributed by atoms with Gasteiger partial charge in [0.25, 0.3) is 5.91 Å². The number of ether oxygens (including phenoxy) is 1. The molecule has 0 aliphatic heterocycles. The molecule has 0 atom stereocenters. The SMILES string of the molecule is Cc1cnc(Nc2cccc(S(N)(=O)=O)c2)nc1Nc1ccc(OCC(=O)N(C)C)c(Cl)c1. The molecule has 2 aromatic carbocycles. The zero-order valence-corrected chi connectivity index (χ0v) is 19.7. The van der Waals surface area contributed by atoms with Crippen LogP contribution in [0, 0.1) is 6.92 Å². The molecule has 0 unspecified atom stereocenters. The Hall–Kier alpha value is -3.41. The van der Waals surface area contributed by atoms with Crippen LogP contribution in [0.5, 0.6) is 5.75 Å². The monoisotopic (exact) mass is 490 g/mol. The van der Waals surface area contributed by atoms with Crippen LogP contribution in [0.3, 0.4) is 0 Å². The molecule has 0 saturated carbocycles. The van der Waals surface area contributed by atoms with E-state index in [0.29, 0.717) is 28.0 Å². The highest BCUT2D eigenvalue weighted by Gasteiger charge is 2.11. The molecule has 33 heavy (non-hydrogen) atoms. The van der Waals surface area contributed by atoms with Crippen molar-refractivity contribution in [3.05, 3.63) is 59.2 Å². The number of carbonyl (C=O) groups is 1. The molecular weight excluding hydrogens is 468 g/mol. The van der Waals surface area contributed by atoms with Crippen LogP contribution in [0.1, 0.15) is 5.56 Å². The van der Waals surface area contributed by atoms with E-state index >= 15 is 0 Å². The third kappa shape index (κ3) is 6.54. The van der Waals surface area contributed by atoms with Crippen molar-refractivity contribution in [1.82, 2.24) is 14.9 Å². The highest BCUT2D eigenvalue weighted by molar-refractivity contribution is 7.89. The third-order valence-electron chi connectivity index (χ3n) is 4.43. The molecular formula is C21H23ClN6O4S. The van der Waals surface area contributed by atoms with Gasteiger partial charge in [0.05, 0.1) is 9.92 Å². The minimum Gasteiger partial charge on any atom is -0.482 e. The standard InChI is InChI=1S/C21H23ClN6O4S/c1-13-11-24-21(26-14-5-4-6-16(9-14)33(23,30)31)27-20(13)25-15-7-8-18(17(22)10-15)32-12-19(29)28(2)3/h4-11H,12H2,1-3H3,(H2,23,30,31)(H2,24,25,26,27). The Balaban J connectivity index is 1.75. The van der Waals surface area contributed by atoms with E-state index < -0.39 is 10.0 Å². The van der Waals surface area contributed by atoms with E-state index in [4.69, 9.17) is 21.5 Å². The molecule has 0 aliphatic rings. The summed E-state index contributed by atoms with van der Waals surface area (Å²) in [6.07, 6.45) is 1.62. The molecule has 0 saturated heterocycles. The molecule has 1 aromatic heterocycles. The molecule has 0 spiro atoms. The number of hydrogen-bond acceptors (Lipinski definition) is 8. The largest absolute Gasteiger partial charge is 0.482 e. The molecule has 4 N–H and O–H groups in total. The summed E-state index contributed by atoms with van der Waals surface area (Å²) in [7, 11) is -0.545. The van der Waals surface area contributed by atoms with Crippen LogP contribution in [0.2, 0.25) is 5.02 Å². The Morgan fingerprint density at radius 1 is 1.15 bits per heavy atom. The van der Waals surface area contributed by atoms with Gasteiger partial charge in [-0.3, -0.25) is 4.79 Å². The Labute approximate surface area is 196 Å². The highest BCUT2D eigenvalue weighted by Crippen LogP contribution is 2.30. The second kappa shape index (κ2) is 10.0. The van der Waals surface area contributed by atoms with Crippen molar-refractivity contribution in [2.45, 2.75) is 11.8 Å². The van der Waals surface area contributed by atoms with Crippen LogP contribution in [-0.2, 0) is 14.8 Å². The number of nitrogens with two attached hydrogens (primary N) is 1. The molecule has 1 amide bonds. The summed E-state index contributed by atoms with van der Waals surface area (Å²) in [4.78, 5) is 21.8. The highest BCUT2D eigenvalue weighted by atomic mass is 35.5. The number of anilines is 4. The van der Waals surface area contributed by atoms with Gasteiger partial charge in [0.1, 0.15) is 11.6 Å². The lowest BCUT2D eigenvalue weighted by Gasteiger charge is -2.14. The number of primary sulfonamides is 1. The lowest BCUT2D eigenvalue weighted by molar-refractivity contribution is -0.130. The first kappa shape index (κ1) is 24.2. The number of aromatic nitrogens is 2. The third-order valence-corrected chi connectivity index (χ3v) is 5.64. The van der Waals surface area contributed by atoms with Crippen molar-refractivity contribution in [2.24, 2.45) is 5.14 Å². The molecule has 10 nitrogen and oxygen atoms in total. The average molecular weight is 491 g/mol. The second-order valence-electron chi connectivity index (χ2n) is 7.27. The summed E-state index contributed by atoms with van der Waals surface area (Å²) in [6, 6.07) is 11.1. The maximum atomic E-state index is 11.7. The summed E-state index contributed by atoms with van der Waals surface area (Å²) in [5.41, 5.74) is 1.88. The zero-order chi connectivity index (χ0) is 24.2. The predicted molar refractivity (Wildman–Crippen MR) is 127 cm³/mol. The van der Waals surface area contributed by atoms with Crippen molar-refractivity contribution in [3.8, 4) is 5.75 Å². The van der Waals surface area contributed by atoms with E-state index in [0.717, 1.165) is 5.56 Å². The molecule has 1 heterocycles. The van der Waals surface area contributed by atoms with Crippen molar-refractivity contribution < 1.29 is 17.9 Å². The van der Waals surface area contributed by atoms with Crippen molar-refractivity contribution >= 4 is 50.7 Å². The Bertz CT molecular complexity index is 1280. The van der Waals surface area contributed by atoms with Crippen LogP contribution < -0.4 is 20.5 Å². The zero-order valence-electron chi connectivity index (χ0n) is 18.2. The molecule has 0 aliphatic carbocycles. The van der Waals surface area contributed by atoms with E-state index in [9.17, 15) is 13.2 Å². The fraction of sp³-hybridized carbons (Fsp3) is 0.190. The van der Waals surface area contributed by atoms with Gasteiger partial charge in [0, 0.05) is 37.2 Å². The van der Waals surface area contributed by atoms with Gasteiger partial charge in [-0.1, -0.05) is 17.7 Å². The van der Waals surface area contributed by atoms with Gasteiger partial charge >= 0.3 is 0 Å². The van der Waals surface area contributed by atoms with E-state index in [-0.39, 0.29) is 23.4 Å². The number of sulfonamides is 1. The number of amides is 1. The van der Waals surface area contributed by atoms with Crippen LogP contribution in [-0.4, -0.2) is 49.9 Å². The lowest BCUT2D eigenvalue weighted by atomic mass is 10.2. The van der Waals surface area contributed by atoms with E-state index in [2.05, 4.69) is 20.6 Å². The number of carbonyl (C=O) groups excluding carboxylic acids is 1. The summed E-state index contributed by atoms with van der Waals surface area (Å²) >= 11 is 6.29. The maximum Gasteiger partial charge on any atom is 0.259 e. The van der Waals surface area contributed by atoms with Gasteiger partial charge < -0.3 is 20.3 Å². The number of nitrogens with one attached hydrogen (secondary N) is 2. The Morgan fingerprint density at radius 2 is 1.88 bits per heavy atom. The van der Waals surface area contributed by atoms with Crippen LogP contribution in [0.25, 0.3) is 0 Å². The maximum absolute atomic E-state index is 11.7. The Kier molecular flexibility index (Phi) is 7.36. The number of hydrogen-bond donors (Lipinski definition) is 3.